The predicted molar refractivity (Wildman–Crippen MR) is 118 cm³/mol. The fourth-order valence-corrected chi connectivity index (χ4v) is 3.88. The molecule has 3 aromatic rings. The molecule has 0 aliphatic carbocycles. The van der Waals surface area contributed by atoms with Gasteiger partial charge in [-0.1, -0.05) is 24.3 Å². The Morgan fingerprint density at radius 2 is 1.50 bits per heavy atom. The maximum absolute atomic E-state index is 12.6. The second-order valence-corrected chi connectivity index (χ2v) is 8.75. The topological polar surface area (TPSA) is 84.5 Å². The highest BCUT2D eigenvalue weighted by molar-refractivity contribution is 7.92. The molecular formula is C23H24N2O4S. The van der Waals surface area contributed by atoms with Gasteiger partial charge in [0.15, 0.2) is 6.10 Å². The van der Waals surface area contributed by atoms with E-state index in [4.69, 9.17) is 4.74 Å². The highest BCUT2D eigenvalue weighted by atomic mass is 32.2. The third-order valence-electron chi connectivity index (χ3n) is 4.37. The molecule has 156 valence electrons. The quantitative estimate of drug-likeness (QED) is 0.584. The van der Waals surface area contributed by atoms with E-state index in [1.54, 1.807) is 43.3 Å². The molecule has 6 nitrogen and oxygen atoms in total. The van der Waals surface area contributed by atoms with Crippen LogP contribution in [0, 0.1) is 13.8 Å². The van der Waals surface area contributed by atoms with Crippen molar-refractivity contribution in [1.29, 1.82) is 0 Å². The minimum absolute atomic E-state index is 0.103. The highest BCUT2D eigenvalue weighted by Crippen LogP contribution is 2.20. The van der Waals surface area contributed by atoms with Crippen molar-refractivity contribution < 1.29 is 17.9 Å². The van der Waals surface area contributed by atoms with Crippen molar-refractivity contribution >= 4 is 27.3 Å². The molecule has 2 N–H and O–H groups in total. The molecule has 0 spiro atoms. The van der Waals surface area contributed by atoms with E-state index in [9.17, 15) is 13.2 Å². The zero-order chi connectivity index (χ0) is 21.7. The number of sulfonamides is 1. The summed E-state index contributed by atoms with van der Waals surface area (Å²) in [5.41, 5.74) is 2.97. The number of anilines is 2. The maximum atomic E-state index is 12.6. The van der Waals surface area contributed by atoms with Crippen LogP contribution in [-0.4, -0.2) is 20.4 Å². The molecule has 1 amide bonds. The lowest BCUT2D eigenvalue weighted by molar-refractivity contribution is -0.122. The monoisotopic (exact) mass is 424 g/mol. The van der Waals surface area contributed by atoms with Gasteiger partial charge >= 0.3 is 0 Å². The summed E-state index contributed by atoms with van der Waals surface area (Å²) in [6.07, 6.45) is -0.710. The van der Waals surface area contributed by atoms with Gasteiger partial charge in [0.1, 0.15) is 5.75 Å². The van der Waals surface area contributed by atoms with Crippen molar-refractivity contribution in [3.05, 3.63) is 83.9 Å². The van der Waals surface area contributed by atoms with E-state index in [-0.39, 0.29) is 10.8 Å². The Labute approximate surface area is 177 Å². The number of rotatable bonds is 7. The molecule has 3 aromatic carbocycles. The van der Waals surface area contributed by atoms with Crippen LogP contribution in [0.15, 0.2) is 77.7 Å². The standard InChI is InChI=1S/C23H24N2O4S/c1-16-6-4-8-20(14-16)25-30(27,28)22-12-10-19(11-13-22)24-23(26)18(3)29-21-9-5-7-17(2)15-21/h4-15,18,25H,1-3H3,(H,24,26)/t18-/m0/s1. The first kappa shape index (κ1) is 21.4. The van der Waals surface area contributed by atoms with Crippen LogP contribution in [0.25, 0.3) is 0 Å². The molecular weight excluding hydrogens is 400 g/mol. The first-order valence-electron chi connectivity index (χ1n) is 9.47. The van der Waals surface area contributed by atoms with Gasteiger partial charge in [0.05, 0.1) is 4.90 Å². The molecule has 0 aliphatic rings. The van der Waals surface area contributed by atoms with Crippen molar-refractivity contribution in [1.82, 2.24) is 0 Å². The van der Waals surface area contributed by atoms with E-state index < -0.39 is 16.1 Å². The number of amides is 1. The van der Waals surface area contributed by atoms with Crippen LogP contribution >= 0.6 is 0 Å². The summed E-state index contributed by atoms with van der Waals surface area (Å²) >= 11 is 0. The number of ether oxygens (including phenoxy) is 1. The van der Waals surface area contributed by atoms with E-state index in [0.29, 0.717) is 17.1 Å². The van der Waals surface area contributed by atoms with Crippen molar-refractivity contribution in [2.75, 3.05) is 10.0 Å². The molecule has 0 fully saturated rings. The molecule has 0 saturated carbocycles. The number of nitrogens with one attached hydrogen (secondary N) is 2. The number of hydrogen-bond donors (Lipinski definition) is 2. The normalized spacial score (nSPS) is 12.1. The van der Waals surface area contributed by atoms with E-state index >= 15 is 0 Å². The lowest BCUT2D eigenvalue weighted by Crippen LogP contribution is -2.30. The number of benzene rings is 3. The highest BCUT2D eigenvalue weighted by Gasteiger charge is 2.17. The molecule has 0 radical (unpaired) electrons. The van der Waals surface area contributed by atoms with E-state index in [2.05, 4.69) is 10.0 Å². The van der Waals surface area contributed by atoms with Crippen LogP contribution in [0.1, 0.15) is 18.1 Å². The minimum Gasteiger partial charge on any atom is -0.481 e. The molecule has 0 bridgehead atoms. The summed E-state index contributed by atoms with van der Waals surface area (Å²) in [5, 5.41) is 2.73. The zero-order valence-electron chi connectivity index (χ0n) is 17.0. The van der Waals surface area contributed by atoms with Crippen molar-refractivity contribution in [3.8, 4) is 5.75 Å². The van der Waals surface area contributed by atoms with Gasteiger partial charge in [-0.2, -0.15) is 0 Å². The van der Waals surface area contributed by atoms with Gasteiger partial charge < -0.3 is 10.1 Å². The van der Waals surface area contributed by atoms with Crippen LogP contribution in [0.4, 0.5) is 11.4 Å². The van der Waals surface area contributed by atoms with E-state index in [1.807, 2.05) is 38.1 Å². The van der Waals surface area contributed by atoms with Gasteiger partial charge in [-0.25, -0.2) is 8.42 Å². The summed E-state index contributed by atoms with van der Waals surface area (Å²) in [4.78, 5) is 12.5. The number of carbonyl (C=O) groups excluding carboxylic acids is 1. The smallest absolute Gasteiger partial charge is 0.265 e. The third-order valence-corrected chi connectivity index (χ3v) is 5.77. The summed E-state index contributed by atoms with van der Waals surface area (Å²) in [7, 11) is -3.72. The van der Waals surface area contributed by atoms with E-state index in [1.165, 1.54) is 12.1 Å². The second kappa shape index (κ2) is 9.00. The largest absolute Gasteiger partial charge is 0.481 e. The third kappa shape index (κ3) is 5.61. The lowest BCUT2D eigenvalue weighted by atomic mass is 10.2. The number of hydrogen-bond acceptors (Lipinski definition) is 4. The molecule has 0 unspecified atom stereocenters. The summed E-state index contributed by atoms with van der Waals surface area (Å²) < 4.78 is 33.3. The molecule has 30 heavy (non-hydrogen) atoms. The van der Waals surface area contributed by atoms with Crippen LogP contribution in [0.3, 0.4) is 0 Å². The van der Waals surface area contributed by atoms with Crippen LogP contribution in [-0.2, 0) is 14.8 Å². The Bertz CT molecular complexity index is 1140. The Morgan fingerprint density at radius 3 is 2.13 bits per heavy atom. The molecule has 7 heteroatoms. The Morgan fingerprint density at radius 1 is 0.867 bits per heavy atom. The SMILES string of the molecule is Cc1cccc(NS(=O)(=O)c2ccc(NC(=O)[C@H](C)Oc3cccc(C)c3)cc2)c1. The van der Waals surface area contributed by atoms with Gasteiger partial charge in [-0.3, -0.25) is 9.52 Å². The van der Waals surface area contributed by atoms with Crippen LogP contribution in [0.5, 0.6) is 5.75 Å². The van der Waals surface area contributed by atoms with Crippen LogP contribution < -0.4 is 14.8 Å². The van der Waals surface area contributed by atoms with Crippen LogP contribution in [0.2, 0.25) is 0 Å². The van der Waals surface area contributed by atoms with E-state index in [0.717, 1.165) is 11.1 Å². The average Bonchev–Trinajstić information content (AvgIpc) is 2.68. The van der Waals surface area contributed by atoms with Gasteiger partial charge in [-0.15, -0.1) is 0 Å². The summed E-state index contributed by atoms with van der Waals surface area (Å²) in [5.74, 6) is 0.284. The fourth-order valence-electron chi connectivity index (χ4n) is 2.83. The van der Waals surface area contributed by atoms with Crippen molar-refractivity contribution in [3.63, 3.8) is 0 Å². The van der Waals surface area contributed by atoms with Crippen molar-refractivity contribution in [2.24, 2.45) is 0 Å². The maximum Gasteiger partial charge on any atom is 0.265 e. The average molecular weight is 425 g/mol. The molecule has 3 rings (SSSR count). The molecule has 0 heterocycles. The second-order valence-electron chi connectivity index (χ2n) is 7.07. The Kier molecular flexibility index (Phi) is 6.42. The Hall–Kier alpha value is -3.32. The fraction of sp³-hybridized carbons (Fsp3) is 0.174. The first-order chi connectivity index (χ1) is 14.2. The van der Waals surface area contributed by atoms with Gasteiger partial charge in [0.2, 0.25) is 0 Å². The zero-order valence-corrected chi connectivity index (χ0v) is 17.9. The lowest BCUT2D eigenvalue weighted by Gasteiger charge is -2.15. The summed E-state index contributed by atoms with van der Waals surface area (Å²) in [6, 6.07) is 20.5. The molecule has 1 atom stereocenters. The minimum atomic E-state index is -3.72. The molecule has 0 aliphatic heterocycles. The Balaban J connectivity index is 1.64. The molecule has 0 saturated heterocycles. The summed E-state index contributed by atoms with van der Waals surface area (Å²) in [6.45, 7) is 5.49. The van der Waals surface area contributed by atoms with Gasteiger partial charge in [-0.05, 0) is 80.4 Å². The number of carbonyl (C=O) groups is 1. The predicted octanol–water partition coefficient (Wildman–Crippen LogP) is 4.51. The van der Waals surface area contributed by atoms with Crippen molar-refractivity contribution in [2.45, 2.75) is 31.8 Å². The van der Waals surface area contributed by atoms with Gasteiger partial charge in [0.25, 0.3) is 15.9 Å². The number of aryl methyl sites for hydroxylation is 2. The molecule has 0 aromatic heterocycles. The first-order valence-corrected chi connectivity index (χ1v) is 10.9. The van der Waals surface area contributed by atoms with Gasteiger partial charge in [0, 0.05) is 11.4 Å².